The highest BCUT2D eigenvalue weighted by Crippen LogP contribution is 2.19. The third kappa shape index (κ3) is 6.55. The van der Waals surface area contributed by atoms with Crippen LogP contribution in [0.3, 0.4) is 0 Å². The Labute approximate surface area is 193 Å². The number of carboxylic acid groups (broad SMARTS) is 1. The largest absolute Gasteiger partial charge is 0.548 e. The van der Waals surface area contributed by atoms with Crippen molar-refractivity contribution in [2.24, 2.45) is 0 Å². The monoisotopic (exact) mass is 466 g/mol. The van der Waals surface area contributed by atoms with E-state index in [0.29, 0.717) is 16.3 Å². The molecule has 0 saturated heterocycles. The Balaban J connectivity index is 1.78. The Morgan fingerprint density at radius 2 is 1.67 bits per heavy atom. The van der Waals surface area contributed by atoms with E-state index in [2.05, 4.69) is 16.0 Å². The zero-order valence-electron chi connectivity index (χ0n) is 17.0. The lowest BCUT2D eigenvalue weighted by atomic mass is 10.1. The standard InChI is InChI=1S/C23H18ClN3O6/c24-17-5-2-1-4-15(17)12-18(27-23(32)19-6-3-11-33-19)22(31)26-16-9-7-14(8-10-16)21(30)25-13-20(28)29/h1-12H,13H2,(H,25,30)(H,26,31)(H,27,32)(H,28,29)/p-1/b18-12-. The fraction of sp³-hybridized carbons (Fsp3) is 0.0435. The molecule has 0 unspecified atom stereocenters. The van der Waals surface area contributed by atoms with Crippen LogP contribution in [0.4, 0.5) is 5.69 Å². The van der Waals surface area contributed by atoms with Crippen molar-refractivity contribution in [1.29, 1.82) is 0 Å². The van der Waals surface area contributed by atoms with Crippen LogP contribution in [-0.2, 0) is 9.59 Å². The third-order valence-corrected chi connectivity index (χ3v) is 4.59. The van der Waals surface area contributed by atoms with Crippen LogP contribution in [0, 0.1) is 0 Å². The zero-order valence-corrected chi connectivity index (χ0v) is 17.7. The van der Waals surface area contributed by atoms with Gasteiger partial charge in [0.25, 0.3) is 17.7 Å². The molecule has 0 aliphatic heterocycles. The molecule has 168 valence electrons. The average Bonchev–Trinajstić information content (AvgIpc) is 3.34. The van der Waals surface area contributed by atoms with Crippen LogP contribution in [-0.4, -0.2) is 30.2 Å². The summed E-state index contributed by atoms with van der Waals surface area (Å²) in [5.74, 6) is -3.29. The number of amides is 3. The van der Waals surface area contributed by atoms with E-state index < -0.39 is 30.2 Å². The fourth-order valence-electron chi connectivity index (χ4n) is 2.66. The van der Waals surface area contributed by atoms with Gasteiger partial charge in [-0.1, -0.05) is 29.8 Å². The van der Waals surface area contributed by atoms with Crippen molar-refractivity contribution in [3.8, 4) is 0 Å². The van der Waals surface area contributed by atoms with Crippen molar-refractivity contribution in [2.75, 3.05) is 11.9 Å². The summed E-state index contributed by atoms with van der Waals surface area (Å²) in [5, 5.41) is 18.1. The van der Waals surface area contributed by atoms with Crippen LogP contribution in [0.25, 0.3) is 6.08 Å². The first kappa shape index (κ1) is 23.3. The van der Waals surface area contributed by atoms with Gasteiger partial charge in [0.05, 0.1) is 18.8 Å². The van der Waals surface area contributed by atoms with Crippen LogP contribution in [0.1, 0.15) is 26.5 Å². The number of aliphatic carboxylic acids is 1. The number of rotatable bonds is 8. The predicted molar refractivity (Wildman–Crippen MR) is 118 cm³/mol. The summed E-state index contributed by atoms with van der Waals surface area (Å²) in [4.78, 5) is 47.7. The first-order valence-electron chi connectivity index (χ1n) is 9.54. The SMILES string of the molecule is O=C([O-])CNC(=O)c1ccc(NC(=O)/C(=C/c2ccccc2Cl)NC(=O)c2ccco2)cc1. The number of benzene rings is 2. The van der Waals surface area contributed by atoms with E-state index in [1.54, 1.807) is 24.3 Å². The lowest BCUT2D eigenvalue weighted by molar-refractivity contribution is -0.303. The topological polar surface area (TPSA) is 141 Å². The van der Waals surface area contributed by atoms with Gasteiger partial charge >= 0.3 is 0 Å². The molecule has 0 aliphatic rings. The number of nitrogens with one attached hydrogen (secondary N) is 3. The molecule has 0 bridgehead atoms. The van der Waals surface area contributed by atoms with Crippen molar-refractivity contribution in [3.63, 3.8) is 0 Å². The Bertz CT molecular complexity index is 1200. The van der Waals surface area contributed by atoms with E-state index >= 15 is 0 Å². The number of hydrogen-bond acceptors (Lipinski definition) is 6. The van der Waals surface area contributed by atoms with Crippen LogP contribution in [0.15, 0.2) is 77.0 Å². The highest BCUT2D eigenvalue weighted by atomic mass is 35.5. The van der Waals surface area contributed by atoms with Gasteiger partial charge in [0.1, 0.15) is 5.70 Å². The second kappa shape index (κ2) is 10.8. The van der Waals surface area contributed by atoms with Gasteiger partial charge in [-0.05, 0) is 54.1 Å². The van der Waals surface area contributed by atoms with E-state index in [-0.39, 0.29) is 17.0 Å². The van der Waals surface area contributed by atoms with Gasteiger partial charge in [-0.2, -0.15) is 0 Å². The van der Waals surface area contributed by atoms with Crippen molar-refractivity contribution in [1.82, 2.24) is 10.6 Å². The molecule has 0 fully saturated rings. The molecular weight excluding hydrogens is 450 g/mol. The molecule has 0 radical (unpaired) electrons. The van der Waals surface area contributed by atoms with E-state index in [4.69, 9.17) is 16.0 Å². The lowest BCUT2D eigenvalue weighted by Gasteiger charge is -2.11. The molecule has 0 aliphatic carbocycles. The van der Waals surface area contributed by atoms with E-state index in [1.165, 1.54) is 48.7 Å². The summed E-state index contributed by atoms with van der Waals surface area (Å²) in [6.45, 7) is -0.622. The number of anilines is 1. The van der Waals surface area contributed by atoms with E-state index in [9.17, 15) is 24.3 Å². The molecule has 33 heavy (non-hydrogen) atoms. The third-order valence-electron chi connectivity index (χ3n) is 4.24. The Morgan fingerprint density at radius 1 is 0.939 bits per heavy atom. The Morgan fingerprint density at radius 3 is 2.30 bits per heavy atom. The van der Waals surface area contributed by atoms with Gasteiger partial charge in [-0.15, -0.1) is 0 Å². The Hall–Kier alpha value is -4.37. The summed E-state index contributed by atoms with van der Waals surface area (Å²) in [6.07, 6.45) is 2.75. The normalized spacial score (nSPS) is 10.9. The molecule has 1 aromatic heterocycles. The molecular formula is C23H17ClN3O6-. The van der Waals surface area contributed by atoms with Gasteiger partial charge in [0.15, 0.2) is 5.76 Å². The maximum Gasteiger partial charge on any atom is 0.291 e. The summed E-state index contributed by atoms with van der Waals surface area (Å²) in [5.41, 5.74) is 0.922. The molecule has 3 rings (SSSR count). The quantitative estimate of drug-likeness (QED) is 0.432. The lowest BCUT2D eigenvalue weighted by Crippen LogP contribution is -2.37. The van der Waals surface area contributed by atoms with Gasteiger partial charge in [-0.3, -0.25) is 14.4 Å². The van der Waals surface area contributed by atoms with Gasteiger partial charge in [0, 0.05) is 16.3 Å². The molecule has 0 saturated carbocycles. The van der Waals surface area contributed by atoms with Crippen molar-refractivity contribution < 1.29 is 28.7 Å². The number of hydrogen-bond donors (Lipinski definition) is 3. The Kier molecular flexibility index (Phi) is 7.61. The van der Waals surface area contributed by atoms with E-state index in [1.807, 2.05) is 0 Å². The fourth-order valence-corrected chi connectivity index (χ4v) is 2.85. The molecule has 0 atom stereocenters. The van der Waals surface area contributed by atoms with Crippen LogP contribution in [0.5, 0.6) is 0 Å². The summed E-state index contributed by atoms with van der Waals surface area (Å²) in [6, 6.07) is 15.5. The highest BCUT2D eigenvalue weighted by Gasteiger charge is 2.17. The second-order valence-electron chi connectivity index (χ2n) is 6.60. The average molecular weight is 467 g/mol. The second-order valence-corrected chi connectivity index (χ2v) is 7.00. The highest BCUT2D eigenvalue weighted by molar-refractivity contribution is 6.32. The molecule has 3 amide bonds. The number of furan rings is 1. The summed E-state index contributed by atoms with van der Waals surface area (Å²) < 4.78 is 5.06. The minimum Gasteiger partial charge on any atom is -0.548 e. The van der Waals surface area contributed by atoms with Crippen molar-refractivity contribution >= 4 is 47.1 Å². The molecule has 3 aromatic rings. The smallest absolute Gasteiger partial charge is 0.291 e. The molecule has 1 heterocycles. The molecule has 2 aromatic carbocycles. The molecule has 9 nitrogen and oxygen atoms in total. The molecule has 10 heteroatoms. The zero-order chi connectivity index (χ0) is 23.8. The van der Waals surface area contributed by atoms with Gasteiger partial charge in [-0.25, -0.2) is 0 Å². The minimum atomic E-state index is -1.42. The maximum absolute atomic E-state index is 12.9. The van der Waals surface area contributed by atoms with E-state index in [0.717, 1.165) is 0 Å². The summed E-state index contributed by atoms with van der Waals surface area (Å²) in [7, 11) is 0. The van der Waals surface area contributed by atoms with Gasteiger partial charge in [0.2, 0.25) is 0 Å². The van der Waals surface area contributed by atoms with Crippen molar-refractivity contribution in [2.45, 2.75) is 0 Å². The number of carbonyl (C=O) groups excluding carboxylic acids is 4. The van der Waals surface area contributed by atoms with Crippen LogP contribution in [0.2, 0.25) is 5.02 Å². The first-order chi connectivity index (χ1) is 15.8. The summed E-state index contributed by atoms with van der Waals surface area (Å²) >= 11 is 6.18. The maximum atomic E-state index is 12.9. The number of halogens is 1. The van der Waals surface area contributed by atoms with Crippen molar-refractivity contribution in [3.05, 3.63) is 94.5 Å². The minimum absolute atomic E-state index is 0.0137. The van der Waals surface area contributed by atoms with Crippen LogP contribution < -0.4 is 21.1 Å². The first-order valence-corrected chi connectivity index (χ1v) is 9.92. The predicted octanol–water partition coefficient (Wildman–Crippen LogP) is 1.82. The molecule has 0 spiro atoms. The van der Waals surface area contributed by atoms with Gasteiger partial charge < -0.3 is 30.3 Å². The number of carboxylic acids is 1. The molecule has 3 N–H and O–H groups in total. The van der Waals surface area contributed by atoms with Crippen LogP contribution >= 0.6 is 11.6 Å². The number of carbonyl (C=O) groups is 4.